The topological polar surface area (TPSA) is 41.6 Å². The maximum absolute atomic E-state index is 10.9. The fourth-order valence-corrected chi connectivity index (χ4v) is 0.983. The van der Waals surface area contributed by atoms with Crippen LogP contribution in [0, 0.1) is 0 Å². The first-order valence-corrected chi connectivity index (χ1v) is 6.90. The molecule has 0 unspecified atom stereocenters. The van der Waals surface area contributed by atoms with Crippen LogP contribution in [0.3, 0.4) is 0 Å². The number of nitrogens with zero attached hydrogens (tertiary/aromatic N) is 1. The predicted octanol–water partition coefficient (Wildman–Crippen LogP) is 3.26. The SMILES string of the molecule is CCCBr.CNC(=O)Oc1cccc(N(C)C)c1. The van der Waals surface area contributed by atoms with Crippen LogP contribution in [0.25, 0.3) is 0 Å². The molecule has 102 valence electrons. The molecule has 0 fully saturated rings. The van der Waals surface area contributed by atoms with Crippen molar-refractivity contribution >= 4 is 27.7 Å². The van der Waals surface area contributed by atoms with Crippen LogP contribution >= 0.6 is 15.9 Å². The summed E-state index contributed by atoms with van der Waals surface area (Å²) in [5, 5.41) is 3.52. The van der Waals surface area contributed by atoms with Gasteiger partial charge in [-0.25, -0.2) is 4.79 Å². The fourth-order valence-electron chi connectivity index (χ4n) is 0.983. The molecule has 18 heavy (non-hydrogen) atoms. The maximum Gasteiger partial charge on any atom is 0.412 e. The Morgan fingerprint density at radius 3 is 2.50 bits per heavy atom. The number of carbonyl (C=O) groups is 1. The Balaban J connectivity index is 0.000000631. The number of anilines is 1. The molecule has 0 saturated heterocycles. The minimum absolute atomic E-state index is 0.457. The predicted molar refractivity (Wildman–Crippen MR) is 79.9 cm³/mol. The summed E-state index contributed by atoms with van der Waals surface area (Å²) in [6.45, 7) is 2.13. The molecular formula is C13H21BrN2O2. The van der Waals surface area contributed by atoms with E-state index in [1.54, 1.807) is 12.1 Å². The van der Waals surface area contributed by atoms with Gasteiger partial charge in [-0.15, -0.1) is 0 Å². The van der Waals surface area contributed by atoms with Gasteiger partial charge >= 0.3 is 6.09 Å². The average molecular weight is 317 g/mol. The molecule has 0 saturated carbocycles. The van der Waals surface area contributed by atoms with Crippen LogP contribution < -0.4 is 15.0 Å². The monoisotopic (exact) mass is 316 g/mol. The minimum Gasteiger partial charge on any atom is -0.410 e. The van der Waals surface area contributed by atoms with E-state index in [4.69, 9.17) is 4.74 Å². The van der Waals surface area contributed by atoms with E-state index in [-0.39, 0.29) is 0 Å². The number of hydrogen-bond acceptors (Lipinski definition) is 3. The van der Waals surface area contributed by atoms with Crippen molar-refractivity contribution in [2.45, 2.75) is 13.3 Å². The molecular weight excluding hydrogens is 296 g/mol. The normalized spacial score (nSPS) is 8.94. The lowest BCUT2D eigenvalue weighted by Gasteiger charge is -2.13. The Morgan fingerprint density at radius 2 is 2.06 bits per heavy atom. The van der Waals surface area contributed by atoms with Crippen molar-refractivity contribution in [3.63, 3.8) is 0 Å². The zero-order chi connectivity index (χ0) is 14.0. The number of amides is 1. The second kappa shape index (κ2) is 9.76. The van der Waals surface area contributed by atoms with Crippen LogP contribution in [-0.4, -0.2) is 32.6 Å². The largest absolute Gasteiger partial charge is 0.412 e. The molecule has 0 atom stereocenters. The fraction of sp³-hybridized carbons (Fsp3) is 0.462. The Kier molecular flexibility index (Phi) is 9.10. The molecule has 0 aliphatic heterocycles. The molecule has 0 bridgehead atoms. The number of halogens is 1. The Hall–Kier alpha value is -1.23. The molecule has 1 aromatic carbocycles. The first-order chi connectivity index (χ1) is 8.54. The number of benzene rings is 1. The summed E-state index contributed by atoms with van der Waals surface area (Å²) in [4.78, 5) is 12.9. The van der Waals surface area contributed by atoms with Gasteiger partial charge in [-0.2, -0.15) is 0 Å². The number of alkyl halides is 1. The van der Waals surface area contributed by atoms with E-state index < -0.39 is 6.09 Å². The molecule has 0 heterocycles. The molecule has 0 spiro atoms. The van der Waals surface area contributed by atoms with Gasteiger partial charge in [0, 0.05) is 38.2 Å². The third-order valence-electron chi connectivity index (χ3n) is 1.94. The second-order valence-electron chi connectivity index (χ2n) is 3.72. The van der Waals surface area contributed by atoms with E-state index >= 15 is 0 Å². The summed E-state index contributed by atoms with van der Waals surface area (Å²) < 4.78 is 4.98. The number of nitrogens with one attached hydrogen (secondary N) is 1. The van der Waals surface area contributed by atoms with E-state index in [1.807, 2.05) is 31.1 Å². The molecule has 1 aromatic rings. The van der Waals surface area contributed by atoms with E-state index in [0.29, 0.717) is 5.75 Å². The third kappa shape index (κ3) is 7.17. The second-order valence-corrected chi connectivity index (χ2v) is 4.51. The van der Waals surface area contributed by atoms with E-state index in [2.05, 4.69) is 28.2 Å². The van der Waals surface area contributed by atoms with Gasteiger partial charge in [0.1, 0.15) is 5.75 Å². The Morgan fingerprint density at radius 1 is 1.44 bits per heavy atom. The molecule has 0 aliphatic carbocycles. The number of hydrogen-bond donors (Lipinski definition) is 1. The van der Waals surface area contributed by atoms with Gasteiger partial charge in [0.05, 0.1) is 0 Å². The van der Waals surface area contributed by atoms with Crippen molar-refractivity contribution < 1.29 is 9.53 Å². The van der Waals surface area contributed by atoms with Crippen molar-refractivity contribution in [2.75, 3.05) is 31.4 Å². The summed E-state index contributed by atoms with van der Waals surface area (Å²) in [5.41, 5.74) is 0.992. The zero-order valence-corrected chi connectivity index (χ0v) is 13.0. The highest BCUT2D eigenvalue weighted by atomic mass is 79.9. The first kappa shape index (κ1) is 16.8. The van der Waals surface area contributed by atoms with E-state index in [0.717, 1.165) is 11.0 Å². The van der Waals surface area contributed by atoms with Crippen molar-refractivity contribution in [2.24, 2.45) is 0 Å². The van der Waals surface area contributed by atoms with Crippen LogP contribution in [0.2, 0.25) is 0 Å². The summed E-state index contributed by atoms with van der Waals surface area (Å²) >= 11 is 3.25. The summed E-state index contributed by atoms with van der Waals surface area (Å²) in [5.74, 6) is 0.538. The highest BCUT2D eigenvalue weighted by Gasteiger charge is 2.02. The van der Waals surface area contributed by atoms with Crippen molar-refractivity contribution in [1.82, 2.24) is 5.32 Å². The van der Waals surface area contributed by atoms with Crippen molar-refractivity contribution in [3.05, 3.63) is 24.3 Å². The lowest BCUT2D eigenvalue weighted by atomic mass is 10.3. The van der Waals surface area contributed by atoms with Crippen molar-refractivity contribution in [1.29, 1.82) is 0 Å². The molecule has 1 rings (SSSR count). The molecule has 4 nitrogen and oxygen atoms in total. The Bertz CT molecular complexity index is 355. The zero-order valence-electron chi connectivity index (χ0n) is 11.4. The molecule has 0 aromatic heterocycles. The lowest BCUT2D eigenvalue weighted by Crippen LogP contribution is -2.22. The Labute approximate surface area is 117 Å². The van der Waals surface area contributed by atoms with E-state index in [1.165, 1.54) is 13.5 Å². The average Bonchev–Trinajstić information content (AvgIpc) is 2.39. The smallest absolute Gasteiger partial charge is 0.410 e. The maximum atomic E-state index is 10.9. The van der Waals surface area contributed by atoms with E-state index in [9.17, 15) is 4.79 Å². The van der Waals surface area contributed by atoms with Crippen LogP contribution in [0.15, 0.2) is 24.3 Å². The quantitative estimate of drug-likeness (QED) is 0.870. The van der Waals surface area contributed by atoms with Crippen LogP contribution in [0.5, 0.6) is 5.75 Å². The number of carbonyl (C=O) groups excluding carboxylic acids is 1. The van der Waals surface area contributed by atoms with Gasteiger partial charge in [0.25, 0.3) is 0 Å². The highest BCUT2D eigenvalue weighted by Crippen LogP contribution is 2.19. The van der Waals surface area contributed by atoms with Gasteiger partial charge in [0.2, 0.25) is 0 Å². The minimum atomic E-state index is -0.457. The number of rotatable bonds is 3. The standard InChI is InChI=1S/C10H14N2O2.C3H7Br/c1-11-10(13)14-9-6-4-5-8(7-9)12(2)3;1-2-3-4/h4-7H,1-3H3,(H,11,13);2-3H2,1H3. The summed E-state index contributed by atoms with van der Waals surface area (Å²) in [6.07, 6.45) is 0.779. The first-order valence-electron chi connectivity index (χ1n) is 5.78. The molecule has 1 N–H and O–H groups in total. The highest BCUT2D eigenvalue weighted by molar-refractivity contribution is 9.09. The van der Waals surface area contributed by atoms with Crippen LogP contribution in [-0.2, 0) is 0 Å². The molecule has 5 heteroatoms. The summed E-state index contributed by atoms with van der Waals surface area (Å²) in [7, 11) is 5.39. The van der Waals surface area contributed by atoms with Crippen LogP contribution in [0.1, 0.15) is 13.3 Å². The lowest BCUT2D eigenvalue weighted by molar-refractivity contribution is 0.203. The van der Waals surface area contributed by atoms with Crippen molar-refractivity contribution in [3.8, 4) is 5.75 Å². The number of ether oxygens (including phenoxy) is 1. The van der Waals surface area contributed by atoms with Gasteiger partial charge in [-0.3, -0.25) is 0 Å². The third-order valence-corrected chi connectivity index (χ3v) is 2.73. The van der Waals surface area contributed by atoms with Crippen LogP contribution in [0.4, 0.5) is 10.5 Å². The summed E-state index contributed by atoms with van der Waals surface area (Å²) in [6, 6.07) is 7.32. The van der Waals surface area contributed by atoms with Gasteiger partial charge in [-0.1, -0.05) is 28.9 Å². The molecule has 0 radical (unpaired) electrons. The molecule has 1 amide bonds. The van der Waals surface area contributed by atoms with Gasteiger partial charge < -0.3 is 15.0 Å². The molecule has 0 aliphatic rings. The van der Waals surface area contributed by atoms with Gasteiger partial charge in [0.15, 0.2) is 0 Å². The van der Waals surface area contributed by atoms with Gasteiger partial charge in [-0.05, 0) is 18.6 Å².